The number of anilines is 1. The SMILES string of the molecule is Brc1ccc(I)cc1.CCCCCc1ccc(-c2ccc(Cc3ccc(Br)cc3)cc2)cc1.CCCCCc1ccc(-c2ccc(N)cc2)cc1. The van der Waals surface area contributed by atoms with Gasteiger partial charge in [-0.15, -0.1) is 0 Å². The molecule has 0 saturated carbocycles. The summed E-state index contributed by atoms with van der Waals surface area (Å²) < 4.78 is 3.54. The lowest BCUT2D eigenvalue weighted by Gasteiger charge is -2.07. The first kappa shape index (κ1) is 40.6. The van der Waals surface area contributed by atoms with Crippen molar-refractivity contribution in [3.8, 4) is 22.3 Å². The molecule has 6 aromatic rings. The normalized spacial score (nSPS) is 10.5. The minimum Gasteiger partial charge on any atom is -0.399 e. The number of hydrogen-bond donors (Lipinski definition) is 1. The van der Waals surface area contributed by atoms with Crippen LogP contribution < -0.4 is 5.73 Å². The summed E-state index contributed by atoms with van der Waals surface area (Å²) in [5.41, 5.74) is 17.2. The number of rotatable bonds is 12. The molecule has 0 saturated heterocycles. The summed E-state index contributed by atoms with van der Waals surface area (Å²) in [4.78, 5) is 0. The van der Waals surface area contributed by atoms with Gasteiger partial charge in [-0.1, -0.05) is 168 Å². The van der Waals surface area contributed by atoms with Crippen molar-refractivity contribution in [1.82, 2.24) is 0 Å². The summed E-state index contributed by atoms with van der Waals surface area (Å²) in [5.74, 6) is 0. The Balaban J connectivity index is 0.000000194. The summed E-state index contributed by atoms with van der Waals surface area (Å²) in [5, 5.41) is 0. The van der Waals surface area contributed by atoms with Crippen molar-refractivity contribution in [2.24, 2.45) is 0 Å². The van der Waals surface area contributed by atoms with Crippen molar-refractivity contribution in [3.05, 3.63) is 180 Å². The standard InChI is InChI=1S/C24H25Br.C17H21N.C6H4BrI/c1-2-3-4-5-19-6-12-22(13-7-19)23-14-8-20(9-15-23)18-21-10-16-24(25)17-11-21;1-2-3-4-5-14-6-8-15(9-7-14)16-10-12-17(18)13-11-16;7-5-1-3-6(8)4-2-5/h6-17H,2-5,18H2,1H3;6-13H,2-5,18H2,1H3;1-4H. The molecule has 4 heteroatoms. The van der Waals surface area contributed by atoms with Gasteiger partial charge in [0.25, 0.3) is 0 Å². The maximum atomic E-state index is 5.70. The highest BCUT2D eigenvalue weighted by atomic mass is 127. The molecular weight excluding hydrogens is 865 g/mol. The van der Waals surface area contributed by atoms with Gasteiger partial charge in [0.1, 0.15) is 0 Å². The number of nitrogen functional groups attached to an aromatic ring is 1. The number of aryl methyl sites for hydroxylation is 2. The molecule has 0 aliphatic heterocycles. The number of benzene rings is 6. The highest BCUT2D eigenvalue weighted by molar-refractivity contribution is 14.1. The third-order valence-electron chi connectivity index (χ3n) is 8.70. The van der Waals surface area contributed by atoms with Gasteiger partial charge in [0.2, 0.25) is 0 Å². The predicted octanol–water partition coefficient (Wildman–Crippen LogP) is 15.2. The first-order valence-electron chi connectivity index (χ1n) is 18.1. The molecule has 1 nitrogen and oxygen atoms in total. The molecule has 264 valence electrons. The van der Waals surface area contributed by atoms with Crippen molar-refractivity contribution >= 4 is 60.1 Å². The Bertz CT molecular complexity index is 1790. The second-order valence-corrected chi connectivity index (χ2v) is 15.9. The predicted molar refractivity (Wildman–Crippen MR) is 238 cm³/mol. The van der Waals surface area contributed by atoms with Crippen molar-refractivity contribution in [3.63, 3.8) is 0 Å². The average molecular weight is 916 g/mol. The molecule has 0 atom stereocenters. The minimum atomic E-state index is 0.815. The third-order valence-corrected chi connectivity index (χ3v) is 10.5. The molecule has 0 unspecified atom stereocenters. The fraction of sp³-hybridized carbons (Fsp3) is 0.234. The monoisotopic (exact) mass is 913 g/mol. The van der Waals surface area contributed by atoms with Gasteiger partial charge in [0.05, 0.1) is 0 Å². The molecule has 0 heterocycles. The van der Waals surface area contributed by atoms with E-state index in [1.165, 1.54) is 99.4 Å². The van der Waals surface area contributed by atoms with E-state index in [-0.39, 0.29) is 0 Å². The van der Waals surface area contributed by atoms with Crippen LogP contribution in [-0.4, -0.2) is 0 Å². The van der Waals surface area contributed by atoms with E-state index in [9.17, 15) is 0 Å². The second kappa shape index (κ2) is 22.7. The van der Waals surface area contributed by atoms with E-state index in [4.69, 9.17) is 5.73 Å². The molecule has 6 aromatic carbocycles. The lowest BCUT2D eigenvalue weighted by molar-refractivity contribution is 0.717. The van der Waals surface area contributed by atoms with Crippen molar-refractivity contribution < 1.29 is 0 Å². The maximum Gasteiger partial charge on any atom is 0.0314 e. The van der Waals surface area contributed by atoms with Crippen molar-refractivity contribution in [2.75, 3.05) is 5.73 Å². The average Bonchev–Trinajstić information content (AvgIpc) is 3.16. The smallest absolute Gasteiger partial charge is 0.0314 e. The molecule has 0 amide bonds. The Labute approximate surface area is 337 Å². The molecule has 6 rings (SSSR count). The van der Waals surface area contributed by atoms with Crippen molar-refractivity contribution in [1.29, 1.82) is 0 Å². The zero-order valence-corrected chi connectivity index (χ0v) is 35.3. The van der Waals surface area contributed by atoms with E-state index < -0.39 is 0 Å². The quantitative estimate of drug-likeness (QED) is 0.0739. The van der Waals surface area contributed by atoms with Gasteiger partial charge in [0, 0.05) is 18.2 Å². The van der Waals surface area contributed by atoms with Gasteiger partial charge in [-0.2, -0.15) is 0 Å². The van der Waals surface area contributed by atoms with Gasteiger partial charge >= 0.3 is 0 Å². The van der Waals surface area contributed by atoms with Gasteiger partial charge in [-0.3, -0.25) is 0 Å². The Hall–Kier alpha value is -3.19. The third kappa shape index (κ3) is 15.1. The Morgan fingerprint density at radius 3 is 1.08 bits per heavy atom. The first-order chi connectivity index (χ1) is 24.8. The van der Waals surface area contributed by atoms with E-state index in [1.807, 2.05) is 24.3 Å². The number of halogens is 3. The first-order valence-corrected chi connectivity index (χ1v) is 20.8. The molecule has 0 fully saturated rings. The Morgan fingerprint density at radius 1 is 0.412 bits per heavy atom. The maximum absolute atomic E-state index is 5.70. The fourth-order valence-electron chi connectivity index (χ4n) is 5.64. The molecule has 2 N–H and O–H groups in total. The number of unbranched alkanes of at least 4 members (excludes halogenated alkanes) is 4. The van der Waals surface area contributed by atoms with E-state index in [0.29, 0.717) is 0 Å². The summed E-state index contributed by atoms with van der Waals surface area (Å²) in [7, 11) is 0. The summed E-state index contributed by atoms with van der Waals surface area (Å²) in [6.07, 6.45) is 11.1. The van der Waals surface area contributed by atoms with E-state index >= 15 is 0 Å². The molecule has 0 aliphatic rings. The van der Waals surface area contributed by atoms with Gasteiger partial charge in [0.15, 0.2) is 0 Å². The van der Waals surface area contributed by atoms with Crippen LogP contribution >= 0.6 is 54.5 Å². The summed E-state index contributed by atoms with van der Waals surface area (Å²) in [6, 6.07) is 51.7. The van der Waals surface area contributed by atoms with Crippen LogP contribution in [0.5, 0.6) is 0 Å². The zero-order valence-electron chi connectivity index (χ0n) is 29.9. The van der Waals surface area contributed by atoms with Gasteiger partial charge in [-0.25, -0.2) is 0 Å². The molecule has 0 aliphatic carbocycles. The van der Waals surface area contributed by atoms with Gasteiger partial charge in [-0.05, 0) is 148 Å². The Morgan fingerprint density at radius 2 is 0.725 bits per heavy atom. The largest absolute Gasteiger partial charge is 0.399 e. The van der Waals surface area contributed by atoms with Crippen LogP contribution in [0.3, 0.4) is 0 Å². The number of nitrogens with two attached hydrogens (primary N) is 1. The zero-order chi connectivity index (χ0) is 36.3. The highest BCUT2D eigenvalue weighted by Crippen LogP contribution is 2.24. The van der Waals surface area contributed by atoms with Crippen LogP contribution in [0.2, 0.25) is 0 Å². The van der Waals surface area contributed by atoms with Gasteiger partial charge < -0.3 is 5.73 Å². The molecule has 0 bridgehead atoms. The molecule has 0 spiro atoms. The van der Waals surface area contributed by atoms with Crippen LogP contribution in [0, 0.1) is 3.57 Å². The number of hydrogen-bond acceptors (Lipinski definition) is 1. The van der Waals surface area contributed by atoms with Crippen LogP contribution in [0.1, 0.15) is 74.6 Å². The molecule has 51 heavy (non-hydrogen) atoms. The molecule has 0 aromatic heterocycles. The van der Waals surface area contributed by atoms with E-state index in [0.717, 1.165) is 21.1 Å². The lowest BCUT2D eigenvalue weighted by atomic mass is 9.99. The lowest BCUT2D eigenvalue weighted by Crippen LogP contribution is -1.89. The topological polar surface area (TPSA) is 26.0 Å². The molecular formula is C47H50Br2IN. The Kier molecular flexibility index (Phi) is 18.0. The van der Waals surface area contributed by atoms with Crippen LogP contribution in [0.25, 0.3) is 22.3 Å². The summed E-state index contributed by atoms with van der Waals surface area (Å²) >= 11 is 9.11. The fourth-order valence-corrected chi connectivity index (χ4v) is 6.53. The molecule has 0 radical (unpaired) electrons. The van der Waals surface area contributed by atoms with Crippen molar-refractivity contribution in [2.45, 2.75) is 71.6 Å². The minimum absolute atomic E-state index is 0.815. The van der Waals surface area contributed by atoms with Crippen LogP contribution in [-0.2, 0) is 19.3 Å². The van der Waals surface area contributed by atoms with Crippen LogP contribution in [0.4, 0.5) is 5.69 Å². The van der Waals surface area contributed by atoms with E-state index in [2.05, 4.69) is 190 Å². The summed E-state index contributed by atoms with van der Waals surface area (Å²) in [6.45, 7) is 4.49. The van der Waals surface area contributed by atoms with E-state index in [1.54, 1.807) is 0 Å². The highest BCUT2D eigenvalue weighted by Gasteiger charge is 2.02. The van der Waals surface area contributed by atoms with Crippen LogP contribution in [0.15, 0.2) is 155 Å². The second-order valence-electron chi connectivity index (χ2n) is 12.9.